The molecule has 0 atom stereocenters. The molecular weight excluding hydrogens is 421 g/mol. The number of piperidine rings is 1. The number of carbonyl (C=O) groups is 2. The van der Waals surface area contributed by atoms with Gasteiger partial charge in [0.2, 0.25) is 15.9 Å². The maximum absolute atomic E-state index is 14.4. The maximum atomic E-state index is 14.4. The molecule has 31 heavy (non-hydrogen) atoms. The van der Waals surface area contributed by atoms with Gasteiger partial charge in [-0.25, -0.2) is 17.5 Å². The van der Waals surface area contributed by atoms with Gasteiger partial charge in [-0.3, -0.25) is 9.59 Å². The molecule has 172 valence electrons. The van der Waals surface area contributed by atoms with Crippen molar-refractivity contribution in [2.45, 2.75) is 75.8 Å². The molecule has 0 bridgehead atoms. The average molecular weight is 454 g/mol. The molecule has 2 N–H and O–H groups in total. The van der Waals surface area contributed by atoms with E-state index in [-0.39, 0.29) is 34.4 Å². The Bertz CT molecular complexity index is 905. The van der Waals surface area contributed by atoms with E-state index in [0.29, 0.717) is 25.9 Å². The van der Waals surface area contributed by atoms with Gasteiger partial charge in [0.15, 0.2) is 0 Å². The van der Waals surface area contributed by atoms with Crippen molar-refractivity contribution in [2.24, 2.45) is 5.92 Å². The molecule has 3 rings (SSSR count). The number of rotatable bonds is 6. The number of carbonyl (C=O) groups excluding carboxylic acids is 2. The summed E-state index contributed by atoms with van der Waals surface area (Å²) in [6.07, 6.45) is 6.45. The van der Waals surface area contributed by atoms with Crippen LogP contribution in [-0.4, -0.2) is 50.3 Å². The Morgan fingerprint density at radius 3 is 2.32 bits per heavy atom. The third-order valence-corrected chi connectivity index (χ3v) is 7.63. The predicted octanol–water partition coefficient (Wildman–Crippen LogP) is 2.81. The van der Waals surface area contributed by atoms with Gasteiger partial charge in [0.25, 0.3) is 5.91 Å². The maximum Gasteiger partial charge on any atom is 0.256 e. The quantitative estimate of drug-likeness (QED) is 0.692. The van der Waals surface area contributed by atoms with Crippen LogP contribution in [0, 0.1) is 11.7 Å². The van der Waals surface area contributed by atoms with Gasteiger partial charge in [-0.1, -0.05) is 19.3 Å². The molecule has 0 unspecified atom stereocenters. The second-order valence-corrected chi connectivity index (χ2v) is 10.5. The van der Waals surface area contributed by atoms with E-state index in [0.717, 1.165) is 43.9 Å². The van der Waals surface area contributed by atoms with Gasteiger partial charge in [0, 0.05) is 31.1 Å². The van der Waals surface area contributed by atoms with E-state index in [2.05, 4.69) is 10.0 Å². The third kappa shape index (κ3) is 6.04. The molecule has 1 saturated carbocycles. The molecule has 0 spiro atoms. The van der Waals surface area contributed by atoms with E-state index in [4.69, 9.17) is 0 Å². The number of nitrogens with zero attached hydrogens (tertiary/aromatic N) is 1. The lowest BCUT2D eigenvalue weighted by molar-refractivity contribution is -0.126. The Kier molecular flexibility index (Phi) is 7.69. The number of hydrogen-bond donors (Lipinski definition) is 2. The van der Waals surface area contributed by atoms with Crippen molar-refractivity contribution in [1.82, 2.24) is 14.9 Å². The summed E-state index contributed by atoms with van der Waals surface area (Å²) in [7, 11) is -3.83. The summed E-state index contributed by atoms with van der Waals surface area (Å²) in [4.78, 5) is 26.7. The Labute approximate surface area is 183 Å². The van der Waals surface area contributed by atoms with Gasteiger partial charge in [-0.05, 0) is 57.7 Å². The summed E-state index contributed by atoms with van der Waals surface area (Å²) in [6, 6.07) is 2.95. The average Bonchev–Trinajstić information content (AvgIpc) is 2.73. The van der Waals surface area contributed by atoms with Gasteiger partial charge >= 0.3 is 0 Å². The first-order valence-corrected chi connectivity index (χ1v) is 12.6. The van der Waals surface area contributed by atoms with Crippen molar-refractivity contribution < 1.29 is 22.4 Å². The van der Waals surface area contributed by atoms with Gasteiger partial charge < -0.3 is 10.2 Å². The first kappa shape index (κ1) is 23.7. The zero-order chi connectivity index (χ0) is 22.6. The van der Waals surface area contributed by atoms with Crippen LogP contribution in [0.3, 0.4) is 0 Å². The second-order valence-electron chi connectivity index (χ2n) is 8.83. The molecule has 2 aliphatic rings. The zero-order valence-electron chi connectivity index (χ0n) is 18.2. The standard InChI is InChI=1S/C22H32FN3O4S/c1-15(2)25-31(29,30)18-8-9-20(23)19(14-18)22(28)26-12-10-17(11-13-26)24-21(27)16-6-4-3-5-7-16/h8-9,14-17,25H,3-7,10-13H2,1-2H3,(H,24,27). The summed E-state index contributed by atoms with van der Waals surface area (Å²) in [5, 5.41) is 3.11. The van der Waals surface area contributed by atoms with Crippen LogP contribution in [0.25, 0.3) is 0 Å². The highest BCUT2D eigenvalue weighted by atomic mass is 32.2. The normalized spacial score (nSPS) is 18.9. The van der Waals surface area contributed by atoms with Crippen LogP contribution in [0.1, 0.15) is 69.2 Å². The largest absolute Gasteiger partial charge is 0.353 e. The van der Waals surface area contributed by atoms with Gasteiger partial charge in [-0.2, -0.15) is 0 Å². The lowest BCUT2D eigenvalue weighted by atomic mass is 9.88. The zero-order valence-corrected chi connectivity index (χ0v) is 19.0. The van der Waals surface area contributed by atoms with Crippen LogP contribution < -0.4 is 10.0 Å². The topological polar surface area (TPSA) is 95.6 Å². The number of hydrogen-bond acceptors (Lipinski definition) is 4. The number of amides is 2. The summed E-state index contributed by atoms with van der Waals surface area (Å²) >= 11 is 0. The lowest BCUT2D eigenvalue weighted by Gasteiger charge is -2.33. The van der Waals surface area contributed by atoms with Crippen molar-refractivity contribution in [1.29, 1.82) is 0 Å². The Balaban J connectivity index is 1.61. The fraction of sp³-hybridized carbons (Fsp3) is 0.636. The second kappa shape index (κ2) is 10.1. The van der Waals surface area contributed by atoms with Crippen LogP contribution in [0.4, 0.5) is 4.39 Å². The molecule has 1 saturated heterocycles. The minimum Gasteiger partial charge on any atom is -0.353 e. The van der Waals surface area contributed by atoms with E-state index in [1.54, 1.807) is 13.8 Å². The fourth-order valence-electron chi connectivity index (χ4n) is 4.29. The van der Waals surface area contributed by atoms with Crippen LogP contribution in [0.5, 0.6) is 0 Å². The lowest BCUT2D eigenvalue weighted by Crippen LogP contribution is -2.48. The van der Waals surface area contributed by atoms with Gasteiger partial charge in [0.05, 0.1) is 10.5 Å². The van der Waals surface area contributed by atoms with Crippen LogP contribution in [0.15, 0.2) is 23.1 Å². The highest BCUT2D eigenvalue weighted by Gasteiger charge is 2.29. The van der Waals surface area contributed by atoms with Gasteiger partial charge in [-0.15, -0.1) is 0 Å². The minimum absolute atomic E-state index is 0.00489. The smallest absolute Gasteiger partial charge is 0.256 e. The number of likely N-dealkylation sites (tertiary alicyclic amines) is 1. The summed E-state index contributed by atoms with van der Waals surface area (Å²) < 4.78 is 41.6. The molecule has 1 aromatic rings. The molecule has 1 heterocycles. The van der Waals surface area contributed by atoms with Crippen molar-refractivity contribution in [3.63, 3.8) is 0 Å². The molecular formula is C22H32FN3O4S. The molecule has 0 radical (unpaired) electrons. The summed E-state index contributed by atoms with van der Waals surface area (Å²) in [5.74, 6) is -1.09. The fourth-order valence-corrected chi connectivity index (χ4v) is 5.57. The molecule has 1 aliphatic carbocycles. The van der Waals surface area contributed by atoms with E-state index in [9.17, 15) is 22.4 Å². The summed E-state index contributed by atoms with van der Waals surface area (Å²) in [5.41, 5.74) is -0.253. The summed E-state index contributed by atoms with van der Waals surface area (Å²) in [6.45, 7) is 4.14. The van der Waals surface area contributed by atoms with Crippen LogP contribution >= 0.6 is 0 Å². The minimum atomic E-state index is -3.83. The number of halogens is 1. The number of benzene rings is 1. The SMILES string of the molecule is CC(C)NS(=O)(=O)c1ccc(F)c(C(=O)N2CCC(NC(=O)C3CCCCC3)CC2)c1. The molecule has 1 aromatic carbocycles. The Morgan fingerprint density at radius 2 is 1.71 bits per heavy atom. The monoisotopic (exact) mass is 453 g/mol. The van der Waals surface area contributed by atoms with Crippen molar-refractivity contribution in [2.75, 3.05) is 13.1 Å². The molecule has 1 aliphatic heterocycles. The molecule has 9 heteroatoms. The van der Waals surface area contributed by atoms with E-state index >= 15 is 0 Å². The van der Waals surface area contributed by atoms with Crippen LogP contribution in [-0.2, 0) is 14.8 Å². The first-order chi connectivity index (χ1) is 14.7. The van der Waals surface area contributed by atoms with Gasteiger partial charge in [0.1, 0.15) is 5.82 Å². The van der Waals surface area contributed by atoms with E-state index < -0.39 is 21.7 Å². The van der Waals surface area contributed by atoms with Crippen molar-refractivity contribution in [3.05, 3.63) is 29.6 Å². The third-order valence-electron chi connectivity index (χ3n) is 5.97. The molecule has 7 nitrogen and oxygen atoms in total. The van der Waals surface area contributed by atoms with Crippen molar-refractivity contribution in [3.8, 4) is 0 Å². The van der Waals surface area contributed by atoms with E-state index in [1.807, 2.05) is 0 Å². The van der Waals surface area contributed by atoms with Crippen molar-refractivity contribution >= 4 is 21.8 Å². The van der Waals surface area contributed by atoms with E-state index in [1.165, 1.54) is 11.3 Å². The molecule has 2 fully saturated rings. The highest BCUT2D eigenvalue weighted by Crippen LogP contribution is 2.25. The predicted molar refractivity (Wildman–Crippen MR) is 116 cm³/mol. The molecule has 0 aromatic heterocycles. The van der Waals surface area contributed by atoms with Crippen LogP contribution in [0.2, 0.25) is 0 Å². The first-order valence-electron chi connectivity index (χ1n) is 11.1. The number of sulfonamides is 1. The Hall–Kier alpha value is -2.00. The Morgan fingerprint density at radius 1 is 1.06 bits per heavy atom. The number of nitrogens with one attached hydrogen (secondary N) is 2. The highest BCUT2D eigenvalue weighted by molar-refractivity contribution is 7.89. The molecule has 2 amide bonds.